The molecule has 0 saturated heterocycles. The SMILES string of the molecule is CCCN(C(=O)c1cnccc1Cl)C(C)C. The Morgan fingerprint density at radius 2 is 2.25 bits per heavy atom. The smallest absolute Gasteiger partial charge is 0.257 e. The summed E-state index contributed by atoms with van der Waals surface area (Å²) in [5, 5.41) is 0.460. The first-order valence-corrected chi connectivity index (χ1v) is 5.86. The third-order valence-electron chi connectivity index (χ3n) is 2.35. The number of nitrogens with zero attached hydrogens (tertiary/aromatic N) is 2. The molecule has 1 aromatic heterocycles. The van der Waals surface area contributed by atoms with Crippen molar-refractivity contribution in [2.24, 2.45) is 0 Å². The van der Waals surface area contributed by atoms with Crippen molar-refractivity contribution in [3.63, 3.8) is 0 Å². The summed E-state index contributed by atoms with van der Waals surface area (Å²) < 4.78 is 0. The highest BCUT2D eigenvalue weighted by atomic mass is 35.5. The number of carbonyl (C=O) groups excluding carboxylic acids is 1. The molecule has 0 bridgehead atoms. The maximum Gasteiger partial charge on any atom is 0.257 e. The second-order valence-corrected chi connectivity index (χ2v) is 4.36. The molecule has 0 aliphatic carbocycles. The molecule has 0 saturated carbocycles. The van der Waals surface area contributed by atoms with Crippen molar-refractivity contribution >= 4 is 17.5 Å². The van der Waals surface area contributed by atoms with Gasteiger partial charge >= 0.3 is 0 Å². The highest BCUT2D eigenvalue weighted by Crippen LogP contribution is 2.17. The van der Waals surface area contributed by atoms with E-state index in [9.17, 15) is 4.79 Å². The lowest BCUT2D eigenvalue weighted by Crippen LogP contribution is -2.37. The van der Waals surface area contributed by atoms with Gasteiger partial charge < -0.3 is 4.90 Å². The molecule has 0 radical (unpaired) electrons. The van der Waals surface area contributed by atoms with Crippen LogP contribution < -0.4 is 0 Å². The molecule has 1 heterocycles. The second kappa shape index (κ2) is 5.85. The largest absolute Gasteiger partial charge is 0.336 e. The van der Waals surface area contributed by atoms with Gasteiger partial charge in [-0.15, -0.1) is 0 Å². The predicted molar refractivity (Wildman–Crippen MR) is 65.7 cm³/mol. The van der Waals surface area contributed by atoms with Gasteiger partial charge in [-0.05, 0) is 26.3 Å². The number of hydrogen-bond donors (Lipinski definition) is 0. The minimum atomic E-state index is -0.0463. The Kier molecular flexibility index (Phi) is 4.74. The van der Waals surface area contributed by atoms with Gasteiger partial charge in [0.25, 0.3) is 5.91 Å². The van der Waals surface area contributed by atoms with Gasteiger partial charge in [-0.3, -0.25) is 9.78 Å². The summed E-state index contributed by atoms with van der Waals surface area (Å²) in [4.78, 5) is 17.9. The number of carbonyl (C=O) groups is 1. The zero-order valence-electron chi connectivity index (χ0n) is 9.90. The molecule has 0 fully saturated rings. The summed E-state index contributed by atoms with van der Waals surface area (Å²) in [5.41, 5.74) is 0.478. The van der Waals surface area contributed by atoms with Gasteiger partial charge in [0.2, 0.25) is 0 Å². The van der Waals surface area contributed by atoms with Crippen LogP contribution >= 0.6 is 11.6 Å². The van der Waals surface area contributed by atoms with Crippen LogP contribution in [0.2, 0.25) is 5.02 Å². The van der Waals surface area contributed by atoms with Crippen LogP contribution in [0.1, 0.15) is 37.6 Å². The fraction of sp³-hybridized carbons (Fsp3) is 0.500. The summed E-state index contributed by atoms with van der Waals surface area (Å²) >= 11 is 5.98. The van der Waals surface area contributed by atoms with Crippen molar-refractivity contribution in [3.05, 3.63) is 29.0 Å². The molecule has 0 aromatic carbocycles. The molecule has 0 unspecified atom stereocenters. The molecule has 16 heavy (non-hydrogen) atoms. The normalized spacial score (nSPS) is 10.6. The summed E-state index contributed by atoms with van der Waals surface area (Å²) in [6.45, 7) is 6.78. The van der Waals surface area contributed by atoms with E-state index in [1.54, 1.807) is 12.3 Å². The van der Waals surface area contributed by atoms with Crippen molar-refractivity contribution in [2.45, 2.75) is 33.2 Å². The van der Waals surface area contributed by atoms with E-state index in [0.717, 1.165) is 13.0 Å². The van der Waals surface area contributed by atoms with Crippen LogP contribution in [-0.2, 0) is 0 Å². The van der Waals surface area contributed by atoms with Crippen molar-refractivity contribution in [3.8, 4) is 0 Å². The van der Waals surface area contributed by atoms with Gasteiger partial charge in [-0.25, -0.2) is 0 Å². The van der Waals surface area contributed by atoms with Gasteiger partial charge in [-0.2, -0.15) is 0 Å². The molecule has 0 aliphatic heterocycles. The Morgan fingerprint density at radius 1 is 1.56 bits per heavy atom. The number of aromatic nitrogens is 1. The molecular formula is C12H17ClN2O. The molecule has 1 rings (SSSR count). The number of amides is 1. The summed E-state index contributed by atoms with van der Waals surface area (Å²) in [6.07, 6.45) is 4.04. The zero-order chi connectivity index (χ0) is 12.1. The fourth-order valence-electron chi connectivity index (χ4n) is 1.52. The molecule has 0 N–H and O–H groups in total. The van der Waals surface area contributed by atoms with E-state index in [1.165, 1.54) is 6.20 Å². The predicted octanol–water partition coefficient (Wildman–Crippen LogP) is 3.00. The zero-order valence-corrected chi connectivity index (χ0v) is 10.7. The Hall–Kier alpha value is -1.09. The number of hydrogen-bond acceptors (Lipinski definition) is 2. The van der Waals surface area contributed by atoms with Crippen LogP contribution in [0.5, 0.6) is 0 Å². The number of pyridine rings is 1. The minimum absolute atomic E-state index is 0.0463. The molecule has 0 atom stereocenters. The first-order valence-electron chi connectivity index (χ1n) is 5.48. The molecule has 3 nitrogen and oxygen atoms in total. The highest BCUT2D eigenvalue weighted by molar-refractivity contribution is 6.33. The summed E-state index contributed by atoms with van der Waals surface area (Å²) in [5.74, 6) is -0.0463. The average molecular weight is 241 g/mol. The Morgan fingerprint density at radius 3 is 2.75 bits per heavy atom. The van der Waals surface area contributed by atoms with E-state index >= 15 is 0 Å². The Bertz CT molecular complexity index is 366. The van der Waals surface area contributed by atoms with Gasteiger partial charge in [0.05, 0.1) is 10.6 Å². The van der Waals surface area contributed by atoms with Crippen LogP contribution in [0.15, 0.2) is 18.5 Å². The van der Waals surface area contributed by atoms with Crippen LogP contribution in [0.3, 0.4) is 0 Å². The van der Waals surface area contributed by atoms with E-state index in [-0.39, 0.29) is 11.9 Å². The average Bonchev–Trinajstić information content (AvgIpc) is 2.25. The first-order chi connectivity index (χ1) is 7.57. The summed E-state index contributed by atoms with van der Waals surface area (Å²) in [6, 6.07) is 1.81. The first kappa shape index (κ1) is 13.0. The van der Waals surface area contributed by atoms with Crippen molar-refractivity contribution < 1.29 is 4.79 Å². The van der Waals surface area contributed by atoms with Gasteiger partial charge in [-0.1, -0.05) is 18.5 Å². The van der Waals surface area contributed by atoms with Gasteiger partial charge in [0, 0.05) is 25.0 Å². The quantitative estimate of drug-likeness (QED) is 0.811. The van der Waals surface area contributed by atoms with Gasteiger partial charge in [0.1, 0.15) is 0 Å². The monoisotopic (exact) mass is 240 g/mol. The Balaban J connectivity index is 2.95. The van der Waals surface area contributed by atoms with Crippen molar-refractivity contribution in [1.29, 1.82) is 0 Å². The van der Waals surface area contributed by atoms with Crippen molar-refractivity contribution in [2.75, 3.05) is 6.54 Å². The van der Waals surface area contributed by atoms with Crippen LogP contribution in [-0.4, -0.2) is 28.4 Å². The van der Waals surface area contributed by atoms with Gasteiger partial charge in [0.15, 0.2) is 0 Å². The number of halogens is 1. The second-order valence-electron chi connectivity index (χ2n) is 3.95. The molecule has 0 spiro atoms. The topological polar surface area (TPSA) is 33.2 Å². The Labute approximate surface area is 101 Å². The van der Waals surface area contributed by atoms with Crippen LogP contribution in [0, 0.1) is 0 Å². The molecule has 88 valence electrons. The lowest BCUT2D eigenvalue weighted by atomic mass is 10.2. The molecule has 4 heteroatoms. The van der Waals surface area contributed by atoms with E-state index in [2.05, 4.69) is 4.98 Å². The lowest BCUT2D eigenvalue weighted by molar-refractivity contribution is 0.0705. The fourth-order valence-corrected chi connectivity index (χ4v) is 1.71. The van der Waals surface area contributed by atoms with Crippen molar-refractivity contribution in [1.82, 2.24) is 9.88 Å². The number of rotatable bonds is 4. The molecule has 1 aromatic rings. The third-order valence-corrected chi connectivity index (χ3v) is 2.68. The molecule has 1 amide bonds. The minimum Gasteiger partial charge on any atom is -0.336 e. The van der Waals surface area contributed by atoms with Crippen LogP contribution in [0.25, 0.3) is 0 Å². The summed E-state index contributed by atoms with van der Waals surface area (Å²) in [7, 11) is 0. The van der Waals surface area contributed by atoms with E-state index in [1.807, 2.05) is 25.7 Å². The maximum absolute atomic E-state index is 12.2. The lowest BCUT2D eigenvalue weighted by Gasteiger charge is -2.26. The third kappa shape index (κ3) is 2.95. The molecule has 0 aliphatic rings. The maximum atomic E-state index is 12.2. The van der Waals surface area contributed by atoms with E-state index in [4.69, 9.17) is 11.6 Å². The van der Waals surface area contributed by atoms with Crippen LogP contribution in [0.4, 0.5) is 0 Å². The van der Waals surface area contributed by atoms with E-state index < -0.39 is 0 Å². The molecular weight excluding hydrogens is 224 g/mol. The standard InChI is InChI=1S/C12H17ClN2O/c1-4-7-15(9(2)3)12(16)10-8-14-6-5-11(10)13/h5-6,8-9H,4,7H2,1-3H3. The van der Waals surface area contributed by atoms with E-state index in [0.29, 0.717) is 10.6 Å². The highest BCUT2D eigenvalue weighted by Gasteiger charge is 2.19.